The number of ketones is 1. The summed E-state index contributed by atoms with van der Waals surface area (Å²) in [5.74, 6) is 1.14. The number of methoxy groups -OCH3 is 1. The van der Waals surface area contributed by atoms with Gasteiger partial charge in [-0.05, 0) is 51.2 Å². The summed E-state index contributed by atoms with van der Waals surface area (Å²) in [7, 11) is 5.57. The normalized spacial score (nSPS) is 13.2. The molecule has 0 amide bonds. The fourth-order valence-electron chi connectivity index (χ4n) is 4.50. The molecule has 0 atom stereocenters. The molecule has 0 aliphatic heterocycles. The third kappa shape index (κ3) is 4.62. The number of aromatic nitrogens is 3. The lowest BCUT2D eigenvalue weighted by molar-refractivity contribution is 0.0973. The topological polar surface area (TPSA) is 92.4 Å². The molecule has 0 spiro atoms. The third-order valence-electron chi connectivity index (χ3n) is 6.23. The van der Waals surface area contributed by atoms with Crippen molar-refractivity contribution in [2.24, 2.45) is 0 Å². The average molecular weight is 506 g/mol. The van der Waals surface area contributed by atoms with E-state index in [0.717, 1.165) is 41.9 Å². The number of para-hydroxylation sites is 1. The maximum absolute atomic E-state index is 13.1. The zero-order chi connectivity index (χ0) is 25.2. The predicted molar refractivity (Wildman–Crippen MR) is 142 cm³/mol. The summed E-state index contributed by atoms with van der Waals surface area (Å²) < 4.78 is 11.4. The van der Waals surface area contributed by atoms with E-state index >= 15 is 0 Å². The van der Waals surface area contributed by atoms with Crippen LogP contribution in [0, 0.1) is 0 Å². The molecule has 5 rings (SSSR count). The number of fused-ring (bicyclic) bond motifs is 2. The fourth-order valence-corrected chi connectivity index (χ4v) is 4.75. The van der Waals surface area contributed by atoms with Crippen molar-refractivity contribution in [2.75, 3.05) is 39.7 Å². The van der Waals surface area contributed by atoms with E-state index in [1.165, 1.54) is 0 Å². The van der Waals surface area contributed by atoms with Crippen LogP contribution in [0.1, 0.15) is 28.9 Å². The number of hydrogen-bond donors (Lipinski definition) is 2. The van der Waals surface area contributed by atoms with Crippen LogP contribution in [0.4, 0.5) is 11.4 Å². The van der Waals surface area contributed by atoms with Crippen LogP contribution in [-0.4, -0.2) is 60.0 Å². The van der Waals surface area contributed by atoms with E-state index in [-0.39, 0.29) is 5.78 Å². The first-order valence-electron chi connectivity index (χ1n) is 11.9. The number of aryl methyl sites for hydroxylation is 1. The molecule has 2 N–H and O–H groups in total. The zero-order valence-corrected chi connectivity index (χ0v) is 21.3. The molecule has 1 aromatic carbocycles. The van der Waals surface area contributed by atoms with Crippen molar-refractivity contribution in [3.05, 3.63) is 58.9 Å². The minimum Gasteiger partial charge on any atom is -0.493 e. The number of Topliss-reactive ketones (excluding diaryl/α,β-unsaturated/α-hetero) is 1. The number of rotatable bonds is 8. The van der Waals surface area contributed by atoms with Gasteiger partial charge in [-0.25, -0.2) is 4.98 Å². The van der Waals surface area contributed by atoms with Gasteiger partial charge in [0.1, 0.15) is 12.1 Å². The van der Waals surface area contributed by atoms with Crippen LogP contribution >= 0.6 is 11.6 Å². The lowest BCUT2D eigenvalue weighted by atomic mass is 9.94. The Morgan fingerprint density at radius 3 is 2.83 bits per heavy atom. The van der Waals surface area contributed by atoms with Gasteiger partial charge in [0.15, 0.2) is 11.5 Å². The number of aromatic amines is 1. The van der Waals surface area contributed by atoms with Crippen molar-refractivity contribution in [3.8, 4) is 22.9 Å². The van der Waals surface area contributed by atoms with E-state index in [9.17, 15) is 4.79 Å². The fraction of sp³-hybridized carbons (Fsp3) is 0.296. The number of H-pyrrole nitrogens is 1. The Hall–Kier alpha value is -3.62. The molecule has 186 valence electrons. The highest BCUT2D eigenvalue weighted by atomic mass is 35.5. The van der Waals surface area contributed by atoms with E-state index in [4.69, 9.17) is 26.1 Å². The Labute approximate surface area is 214 Å². The molecule has 0 bridgehead atoms. The molecule has 0 fully saturated rings. The number of likely N-dealkylation sites (N-methyl/N-ethyl adjacent to an activating group) is 1. The van der Waals surface area contributed by atoms with Gasteiger partial charge in [0.05, 0.1) is 40.3 Å². The van der Waals surface area contributed by atoms with Crippen LogP contribution < -0.4 is 14.8 Å². The summed E-state index contributed by atoms with van der Waals surface area (Å²) in [4.78, 5) is 27.9. The quantitative estimate of drug-likeness (QED) is 0.327. The number of nitrogens with one attached hydrogen (secondary N) is 2. The van der Waals surface area contributed by atoms with Gasteiger partial charge in [-0.15, -0.1) is 0 Å². The monoisotopic (exact) mass is 505 g/mol. The van der Waals surface area contributed by atoms with Crippen molar-refractivity contribution < 1.29 is 14.3 Å². The Balaban J connectivity index is 1.65. The molecule has 1 aliphatic carbocycles. The van der Waals surface area contributed by atoms with Gasteiger partial charge in [-0.1, -0.05) is 17.7 Å². The van der Waals surface area contributed by atoms with E-state index in [1.807, 2.05) is 44.4 Å². The Morgan fingerprint density at radius 2 is 2.03 bits per heavy atom. The molecule has 0 saturated heterocycles. The van der Waals surface area contributed by atoms with Gasteiger partial charge in [-0.2, -0.15) is 0 Å². The predicted octanol–water partition coefficient (Wildman–Crippen LogP) is 5.49. The number of nitrogens with zero attached hydrogens (tertiary/aromatic N) is 3. The summed E-state index contributed by atoms with van der Waals surface area (Å²) in [5.41, 5.74) is 5.94. The van der Waals surface area contributed by atoms with Gasteiger partial charge in [0.25, 0.3) is 0 Å². The Morgan fingerprint density at radius 1 is 1.17 bits per heavy atom. The van der Waals surface area contributed by atoms with E-state index in [2.05, 4.69) is 20.2 Å². The molecule has 0 saturated carbocycles. The molecule has 1 aliphatic rings. The second kappa shape index (κ2) is 10.2. The van der Waals surface area contributed by atoms with E-state index in [0.29, 0.717) is 52.1 Å². The molecular weight excluding hydrogens is 478 g/mol. The number of pyridine rings is 2. The number of hydrogen-bond acceptors (Lipinski definition) is 7. The Kier molecular flexibility index (Phi) is 6.80. The second-order valence-corrected chi connectivity index (χ2v) is 9.39. The number of ether oxygens (including phenoxy) is 2. The third-order valence-corrected chi connectivity index (χ3v) is 6.53. The first-order chi connectivity index (χ1) is 17.5. The van der Waals surface area contributed by atoms with Gasteiger partial charge in [0, 0.05) is 36.5 Å². The van der Waals surface area contributed by atoms with Gasteiger partial charge in [-0.3, -0.25) is 9.78 Å². The van der Waals surface area contributed by atoms with Crippen molar-refractivity contribution in [3.63, 3.8) is 0 Å². The first kappa shape index (κ1) is 24.1. The number of halogens is 1. The molecule has 9 heteroatoms. The second-order valence-electron chi connectivity index (χ2n) is 8.98. The van der Waals surface area contributed by atoms with Gasteiger partial charge >= 0.3 is 0 Å². The molecule has 4 aromatic rings. The molecule has 3 heterocycles. The maximum Gasteiger partial charge on any atom is 0.213 e. The molecule has 0 radical (unpaired) electrons. The SMILES string of the molecule is COc1c(Cl)cccc1Nc1c(-c2ccnc3ccc(OCCN(C)C)nc23)[nH]c2c1C(=O)CCC2. The van der Waals surface area contributed by atoms with Crippen LogP contribution in [0.3, 0.4) is 0 Å². The summed E-state index contributed by atoms with van der Waals surface area (Å²) in [5, 5.41) is 3.93. The lowest BCUT2D eigenvalue weighted by Crippen LogP contribution is -2.19. The molecular formula is C27H28ClN5O3. The van der Waals surface area contributed by atoms with E-state index in [1.54, 1.807) is 19.4 Å². The standard InChI is InChI=1S/C27H28ClN5O3/c1-33(2)14-15-36-22-11-10-19-24(32-22)16(12-13-29-19)25-26(23-18(30-25)7-5-9-21(23)34)31-20-8-4-6-17(28)27(20)35-3/h4,6,8,10-13,30-31H,5,7,9,14-15H2,1-3H3. The van der Waals surface area contributed by atoms with Crippen LogP contribution in [0.25, 0.3) is 22.3 Å². The minimum absolute atomic E-state index is 0.0984. The number of carbonyl (C=O) groups is 1. The van der Waals surface area contributed by atoms with Crippen LogP contribution in [-0.2, 0) is 6.42 Å². The zero-order valence-electron chi connectivity index (χ0n) is 20.5. The van der Waals surface area contributed by atoms with Crippen LogP contribution in [0.5, 0.6) is 11.6 Å². The van der Waals surface area contributed by atoms with Crippen LogP contribution in [0.15, 0.2) is 42.6 Å². The van der Waals surface area contributed by atoms with Gasteiger partial charge < -0.3 is 24.7 Å². The minimum atomic E-state index is 0.0984. The van der Waals surface area contributed by atoms with Gasteiger partial charge in [0.2, 0.25) is 5.88 Å². The highest BCUT2D eigenvalue weighted by molar-refractivity contribution is 6.32. The first-order valence-corrected chi connectivity index (χ1v) is 12.2. The van der Waals surface area contributed by atoms with Crippen molar-refractivity contribution in [2.45, 2.75) is 19.3 Å². The number of benzene rings is 1. The molecule has 3 aromatic heterocycles. The van der Waals surface area contributed by atoms with Crippen LogP contribution in [0.2, 0.25) is 5.02 Å². The largest absolute Gasteiger partial charge is 0.493 e. The highest BCUT2D eigenvalue weighted by Gasteiger charge is 2.28. The summed E-state index contributed by atoms with van der Waals surface area (Å²) in [6.07, 6.45) is 3.85. The Bertz CT molecular complexity index is 1430. The van der Waals surface area contributed by atoms with Crippen molar-refractivity contribution >= 4 is 39.8 Å². The number of carbonyl (C=O) groups excluding carboxylic acids is 1. The summed E-state index contributed by atoms with van der Waals surface area (Å²) in [6, 6.07) is 11.1. The summed E-state index contributed by atoms with van der Waals surface area (Å²) >= 11 is 6.38. The highest BCUT2D eigenvalue weighted by Crippen LogP contribution is 2.43. The smallest absolute Gasteiger partial charge is 0.213 e. The maximum atomic E-state index is 13.1. The molecule has 0 unspecified atom stereocenters. The van der Waals surface area contributed by atoms with Crippen molar-refractivity contribution in [1.82, 2.24) is 19.9 Å². The summed E-state index contributed by atoms with van der Waals surface area (Å²) in [6.45, 7) is 1.30. The van der Waals surface area contributed by atoms with E-state index < -0.39 is 0 Å². The van der Waals surface area contributed by atoms with Crippen molar-refractivity contribution in [1.29, 1.82) is 0 Å². The average Bonchev–Trinajstić information content (AvgIpc) is 3.23. The molecule has 8 nitrogen and oxygen atoms in total. The lowest BCUT2D eigenvalue weighted by Gasteiger charge is -2.16. The molecule has 36 heavy (non-hydrogen) atoms. The number of anilines is 2.